The van der Waals surface area contributed by atoms with Crippen molar-refractivity contribution in [3.05, 3.63) is 52.6 Å². The highest BCUT2D eigenvalue weighted by Gasteiger charge is 2.32. The summed E-state index contributed by atoms with van der Waals surface area (Å²) < 4.78 is 11.9. The monoisotopic (exact) mass is 397 g/mol. The minimum Gasteiger partial charge on any atom is -0.489 e. The standard InChI is InChI=1S/C23H27NO3S/c1-13-11-19-16(4)22(26-17(5)25)14(2)15(3)23(19)27-20(13)12-21(28)24-18-9-7-6-8-10-18/h6-10,13,20H,11-12H2,1-5H3,(H,24,28). The van der Waals surface area contributed by atoms with Crippen LogP contribution in [0.1, 0.15) is 42.5 Å². The molecule has 2 unspecified atom stereocenters. The number of esters is 1. The molecule has 1 aliphatic rings. The van der Waals surface area contributed by atoms with Gasteiger partial charge in [0.15, 0.2) is 0 Å². The molecule has 28 heavy (non-hydrogen) atoms. The lowest BCUT2D eigenvalue weighted by Crippen LogP contribution is -2.35. The Morgan fingerprint density at radius 1 is 1.18 bits per heavy atom. The van der Waals surface area contributed by atoms with Crippen molar-refractivity contribution in [2.24, 2.45) is 5.92 Å². The van der Waals surface area contributed by atoms with E-state index in [9.17, 15) is 4.79 Å². The number of carbonyl (C=O) groups is 1. The average Bonchev–Trinajstić information content (AvgIpc) is 2.65. The van der Waals surface area contributed by atoms with Crippen LogP contribution in [0.15, 0.2) is 30.3 Å². The van der Waals surface area contributed by atoms with Crippen LogP contribution in [0.3, 0.4) is 0 Å². The number of ether oxygens (including phenoxy) is 2. The summed E-state index contributed by atoms with van der Waals surface area (Å²) in [5.41, 5.74) is 5.08. The van der Waals surface area contributed by atoms with Crippen LogP contribution in [0, 0.1) is 26.7 Å². The van der Waals surface area contributed by atoms with E-state index in [1.54, 1.807) is 0 Å². The largest absolute Gasteiger partial charge is 0.489 e. The Kier molecular flexibility index (Phi) is 6.04. The molecule has 0 amide bonds. The van der Waals surface area contributed by atoms with E-state index in [-0.39, 0.29) is 12.1 Å². The third-order valence-electron chi connectivity index (χ3n) is 5.43. The van der Waals surface area contributed by atoms with Crippen LogP contribution in [0.25, 0.3) is 0 Å². The molecule has 0 aliphatic carbocycles. The number of hydrogen-bond acceptors (Lipinski definition) is 4. The van der Waals surface area contributed by atoms with Crippen LogP contribution >= 0.6 is 12.2 Å². The fourth-order valence-corrected chi connectivity index (χ4v) is 4.02. The van der Waals surface area contributed by atoms with E-state index in [0.717, 1.165) is 45.1 Å². The summed E-state index contributed by atoms with van der Waals surface area (Å²) in [5.74, 6) is 1.58. The van der Waals surface area contributed by atoms with Gasteiger partial charge in [0.2, 0.25) is 0 Å². The van der Waals surface area contributed by atoms with Crippen molar-refractivity contribution >= 4 is 28.9 Å². The van der Waals surface area contributed by atoms with Crippen molar-refractivity contribution in [3.8, 4) is 11.5 Å². The molecule has 4 nitrogen and oxygen atoms in total. The van der Waals surface area contributed by atoms with E-state index >= 15 is 0 Å². The zero-order chi connectivity index (χ0) is 20.4. The number of rotatable bonds is 4. The van der Waals surface area contributed by atoms with Gasteiger partial charge in [-0.3, -0.25) is 4.79 Å². The lowest BCUT2D eigenvalue weighted by molar-refractivity contribution is -0.132. The zero-order valence-electron chi connectivity index (χ0n) is 17.1. The summed E-state index contributed by atoms with van der Waals surface area (Å²) in [6.07, 6.45) is 1.54. The smallest absolute Gasteiger partial charge is 0.308 e. The highest BCUT2D eigenvalue weighted by Crippen LogP contribution is 2.43. The van der Waals surface area contributed by atoms with Gasteiger partial charge >= 0.3 is 5.97 Å². The van der Waals surface area contributed by atoms with Crippen LogP contribution < -0.4 is 14.8 Å². The van der Waals surface area contributed by atoms with Crippen molar-refractivity contribution in [2.75, 3.05) is 5.32 Å². The predicted molar refractivity (Wildman–Crippen MR) is 117 cm³/mol. The second-order valence-corrected chi connectivity index (χ2v) is 8.05. The molecule has 0 radical (unpaired) electrons. The van der Waals surface area contributed by atoms with Crippen molar-refractivity contribution < 1.29 is 14.3 Å². The van der Waals surface area contributed by atoms with Gasteiger partial charge < -0.3 is 14.8 Å². The average molecular weight is 398 g/mol. The maximum absolute atomic E-state index is 11.5. The van der Waals surface area contributed by atoms with Crippen LogP contribution in [0.5, 0.6) is 11.5 Å². The second kappa shape index (κ2) is 8.31. The van der Waals surface area contributed by atoms with E-state index in [2.05, 4.69) is 12.2 Å². The van der Waals surface area contributed by atoms with Gasteiger partial charge in [-0.1, -0.05) is 37.3 Å². The number of thiocarbonyl (C=S) groups is 1. The van der Waals surface area contributed by atoms with Crippen LogP contribution in [0.2, 0.25) is 0 Å². The molecule has 2 aromatic carbocycles. The quantitative estimate of drug-likeness (QED) is 0.431. The molecule has 0 bridgehead atoms. The van der Waals surface area contributed by atoms with Gasteiger partial charge in [-0.05, 0) is 61.9 Å². The minimum atomic E-state index is -0.300. The van der Waals surface area contributed by atoms with Crippen molar-refractivity contribution in [2.45, 2.75) is 53.6 Å². The van der Waals surface area contributed by atoms with E-state index in [0.29, 0.717) is 18.1 Å². The third kappa shape index (κ3) is 4.20. The molecular weight excluding hydrogens is 370 g/mol. The summed E-state index contributed by atoms with van der Waals surface area (Å²) in [7, 11) is 0. The number of carbonyl (C=O) groups excluding carboxylic acids is 1. The molecule has 0 fully saturated rings. The molecule has 2 aromatic rings. The molecule has 1 aliphatic heterocycles. The Labute approximate surface area is 172 Å². The summed E-state index contributed by atoms with van der Waals surface area (Å²) in [6.45, 7) is 9.61. The van der Waals surface area contributed by atoms with Crippen molar-refractivity contribution in [3.63, 3.8) is 0 Å². The molecule has 5 heteroatoms. The Morgan fingerprint density at radius 3 is 2.50 bits per heavy atom. The van der Waals surface area contributed by atoms with Gasteiger partial charge in [-0.2, -0.15) is 0 Å². The molecular formula is C23H27NO3S. The topological polar surface area (TPSA) is 47.6 Å². The Balaban J connectivity index is 1.82. The van der Waals surface area contributed by atoms with E-state index < -0.39 is 0 Å². The highest BCUT2D eigenvalue weighted by atomic mass is 32.1. The normalized spacial score (nSPS) is 18.0. The first-order chi connectivity index (χ1) is 13.3. The molecule has 0 spiro atoms. The Morgan fingerprint density at radius 2 is 1.86 bits per heavy atom. The Hall–Kier alpha value is -2.40. The predicted octanol–water partition coefficient (Wildman–Crippen LogP) is 5.31. The SMILES string of the molecule is CC(=O)Oc1c(C)c(C)c2c(c1C)CC(C)C(CC(=S)Nc1ccccc1)O2. The first-order valence-corrected chi connectivity index (χ1v) is 10.0. The summed E-state index contributed by atoms with van der Waals surface area (Å²) >= 11 is 5.57. The summed E-state index contributed by atoms with van der Waals surface area (Å²) in [5, 5.41) is 3.30. The number of fused-ring (bicyclic) bond motifs is 1. The fraction of sp³-hybridized carbons (Fsp3) is 0.391. The molecule has 3 rings (SSSR count). The first kappa shape index (κ1) is 20.3. The van der Waals surface area contributed by atoms with Gasteiger partial charge in [-0.15, -0.1) is 0 Å². The number of nitrogens with one attached hydrogen (secondary N) is 1. The number of para-hydroxylation sites is 1. The van der Waals surface area contributed by atoms with Crippen molar-refractivity contribution in [1.29, 1.82) is 0 Å². The van der Waals surface area contributed by atoms with Crippen LogP contribution in [-0.2, 0) is 11.2 Å². The van der Waals surface area contributed by atoms with Gasteiger partial charge in [0, 0.05) is 24.6 Å². The lowest BCUT2D eigenvalue weighted by Gasteiger charge is -2.35. The van der Waals surface area contributed by atoms with Gasteiger partial charge in [0.05, 0.1) is 4.99 Å². The van der Waals surface area contributed by atoms with E-state index in [1.165, 1.54) is 6.92 Å². The number of benzene rings is 2. The third-order valence-corrected chi connectivity index (χ3v) is 5.70. The lowest BCUT2D eigenvalue weighted by atomic mass is 9.85. The molecule has 148 valence electrons. The highest BCUT2D eigenvalue weighted by molar-refractivity contribution is 7.80. The molecule has 1 heterocycles. The maximum atomic E-state index is 11.5. The molecule has 2 atom stereocenters. The summed E-state index contributed by atoms with van der Waals surface area (Å²) in [4.78, 5) is 12.3. The molecule has 0 saturated heterocycles. The van der Waals surface area contributed by atoms with E-state index in [4.69, 9.17) is 21.7 Å². The van der Waals surface area contributed by atoms with E-state index in [1.807, 2.05) is 51.1 Å². The van der Waals surface area contributed by atoms with Crippen LogP contribution in [-0.4, -0.2) is 17.1 Å². The molecule has 0 saturated carbocycles. The second-order valence-electron chi connectivity index (χ2n) is 7.56. The number of anilines is 1. The summed E-state index contributed by atoms with van der Waals surface area (Å²) in [6, 6.07) is 9.95. The van der Waals surface area contributed by atoms with Gasteiger partial charge in [0.25, 0.3) is 0 Å². The van der Waals surface area contributed by atoms with Gasteiger partial charge in [-0.25, -0.2) is 0 Å². The van der Waals surface area contributed by atoms with Gasteiger partial charge in [0.1, 0.15) is 17.6 Å². The fourth-order valence-electron chi connectivity index (χ4n) is 3.74. The Bertz CT molecular complexity index is 908. The zero-order valence-corrected chi connectivity index (χ0v) is 17.9. The van der Waals surface area contributed by atoms with Crippen LogP contribution in [0.4, 0.5) is 5.69 Å². The molecule has 1 N–H and O–H groups in total. The van der Waals surface area contributed by atoms with Crippen molar-refractivity contribution in [1.82, 2.24) is 0 Å². The number of hydrogen-bond donors (Lipinski definition) is 1. The molecule has 0 aromatic heterocycles. The maximum Gasteiger partial charge on any atom is 0.308 e. The first-order valence-electron chi connectivity index (χ1n) is 9.60. The minimum absolute atomic E-state index is 0.00767.